The van der Waals surface area contributed by atoms with E-state index in [1.807, 2.05) is 38.1 Å². The fraction of sp³-hybridized carbons (Fsp3) is 0.700. The summed E-state index contributed by atoms with van der Waals surface area (Å²) in [5, 5.41) is 5.94. The first kappa shape index (κ1) is 30.7. The Morgan fingerprint density at radius 1 is 0.973 bits per heavy atom. The molecule has 0 aromatic heterocycles. The summed E-state index contributed by atoms with van der Waals surface area (Å²) in [6.07, 6.45) is 6.33. The topological polar surface area (TPSA) is 87.7 Å². The molecule has 7 nitrogen and oxygen atoms in total. The fourth-order valence-electron chi connectivity index (χ4n) is 4.80. The summed E-state index contributed by atoms with van der Waals surface area (Å²) >= 11 is 0. The molecule has 0 radical (unpaired) electrons. The lowest BCUT2D eigenvalue weighted by molar-refractivity contribution is -0.145. The van der Waals surface area contributed by atoms with Crippen LogP contribution in [0.3, 0.4) is 0 Å². The lowest BCUT2D eigenvalue weighted by Crippen LogP contribution is -2.55. The number of rotatable bonds is 10. The van der Waals surface area contributed by atoms with Gasteiger partial charge in [0, 0.05) is 12.1 Å². The van der Waals surface area contributed by atoms with Crippen LogP contribution in [0, 0.1) is 12.8 Å². The van der Waals surface area contributed by atoms with Gasteiger partial charge in [0.05, 0.1) is 0 Å². The molecule has 1 aliphatic rings. The normalized spacial score (nSPS) is 17.0. The minimum atomic E-state index is -0.855. The molecule has 3 unspecified atom stereocenters. The van der Waals surface area contributed by atoms with Gasteiger partial charge in [-0.2, -0.15) is 0 Å². The van der Waals surface area contributed by atoms with Crippen LogP contribution in [0.1, 0.15) is 111 Å². The maximum Gasteiger partial charge on any atom is 0.408 e. The van der Waals surface area contributed by atoms with Crippen LogP contribution in [0.2, 0.25) is 0 Å². The molecule has 0 saturated heterocycles. The zero-order valence-corrected chi connectivity index (χ0v) is 24.2. The number of carbonyl (C=O) groups is 3. The van der Waals surface area contributed by atoms with Gasteiger partial charge in [0.2, 0.25) is 11.8 Å². The molecule has 3 amide bonds. The minimum Gasteiger partial charge on any atom is -0.444 e. The van der Waals surface area contributed by atoms with E-state index in [2.05, 4.69) is 24.5 Å². The highest BCUT2D eigenvalue weighted by molar-refractivity contribution is 5.92. The maximum absolute atomic E-state index is 14.0. The first-order chi connectivity index (χ1) is 17.3. The molecule has 0 heterocycles. The quantitative estimate of drug-likeness (QED) is 0.397. The number of nitrogens with one attached hydrogen (secondary N) is 2. The molecule has 2 rings (SSSR count). The molecular weight excluding hydrogens is 466 g/mol. The van der Waals surface area contributed by atoms with Crippen LogP contribution in [-0.4, -0.2) is 46.5 Å². The van der Waals surface area contributed by atoms with Gasteiger partial charge in [0.1, 0.15) is 17.7 Å². The number of amides is 3. The monoisotopic (exact) mass is 515 g/mol. The van der Waals surface area contributed by atoms with Crippen molar-refractivity contribution in [3.8, 4) is 0 Å². The second-order valence-electron chi connectivity index (χ2n) is 12.1. The highest BCUT2D eigenvalue weighted by Gasteiger charge is 2.38. The molecule has 1 saturated carbocycles. The molecule has 2 N–H and O–H groups in total. The van der Waals surface area contributed by atoms with Gasteiger partial charge in [0.15, 0.2) is 0 Å². The predicted molar refractivity (Wildman–Crippen MR) is 148 cm³/mol. The lowest BCUT2D eigenvalue weighted by Gasteiger charge is -2.39. The average Bonchev–Trinajstić information content (AvgIpc) is 2.80. The molecule has 208 valence electrons. The zero-order chi connectivity index (χ0) is 27.8. The molecule has 37 heavy (non-hydrogen) atoms. The van der Waals surface area contributed by atoms with Crippen molar-refractivity contribution < 1.29 is 19.1 Å². The van der Waals surface area contributed by atoms with Gasteiger partial charge in [0.25, 0.3) is 0 Å². The predicted octanol–water partition coefficient (Wildman–Crippen LogP) is 6.05. The summed E-state index contributed by atoms with van der Waals surface area (Å²) < 4.78 is 5.38. The molecule has 0 aliphatic heterocycles. The van der Waals surface area contributed by atoms with Crippen molar-refractivity contribution in [3.63, 3.8) is 0 Å². The summed E-state index contributed by atoms with van der Waals surface area (Å²) in [4.78, 5) is 42.0. The Labute approximate surface area is 224 Å². The van der Waals surface area contributed by atoms with E-state index in [0.717, 1.165) is 49.7 Å². The first-order valence-electron chi connectivity index (χ1n) is 14.0. The number of hydrogen-bond acceptors (Lipinski definition) is 4. The Hall–Kier alpha value is -2.57. The highest BCUT2D eigenvalue weighted by atomic mass is 16.6. The van der Waals surface area contributed by atoms with Crippen LogP contribution >= 0.6 is 0 Å². The van der Waals surface area contributed by atoms with Gasteiger partial charge in [-0.05, 0) is 78.7 Å². The molecule has 7 heteroatoms. The minimum absolute atomic E-state index is 0.120. The van der Waals surface area contributed by atoms with Gasteiger partial charge in [-0.3, -0.25) is 9.59 Å². The number of carbonyl (C=O) groups excluding carboxylic acids is 3. The Morgan fingerprint density at radius 3 is 2.11 bits per heavy atom. The molecule has 0 bridgehead atoms. The third-order valence-electron chi connectivity index (χ3n) is 6.87. The Kier molecular flexibility index (Phi) is 11.5. The van der Waals surface area contributed by atoms with E-state index in [0.29, 0.717) is 5.92 Å². The van der Waals surface area contributed by atoms with E-state index < -0.39 is 23.8 Å². The smallest absolute Gasteiger partial charge is 0.408 e. The molecule has 3 atom stereocenters. The van der Waals surface area contributed by atoms with Gasteiger partial charge in [-0.15, -0.1) is 0 Å². The van der Waals surface area contributed by atoms with E-state index in [9.17, 15) is 14.4 Å². The average molecular weight is 516 g/mol. The third kappa shape index (κ3) is 10.0. The van der Waals surface area contributed by atoms with Crippen molar-refractivity contribution in [1.29, 1.82) is 0 Å². The second kappa shape index (κ2) is 13.8. The summed E-state index contributed by atoms with van der Waals surface area (Å²) in [5.74, 6) is 0.00190. The SMILES string of the molecule is Cc1ccc(C(C(=O)NC2CCCCC2)N(C(=O)C(C)NC(=O)OC(C)(C)C)C(C)CCC(C)C)cc1. The first-order valence-corrected chi connectivity index (χ1v) is 14.0. The Morgan fingerprint density at radius 2 is 1.57 bits per heavy atom. The number of benzene rings is 1. The van der Waals surface area contributed by atoms with Crippen LogP contribution in [-0.2, 0) is 14.3 Å². The van der Waals surface area contributed by atoms with Crippen molar-refractivity contribution >= 4 is 17.9 Å². The van der Waals surface area contributed by atoms with Crippen molar-refractivity contribution in [3.05, 3.63) is 35.4 Å². The highest BCUT2D eigenvalue weighted by Crippen LogP contribution is 2.29. The molecule has 1 aliphatic carbocycles. The molecule has 1 fully saturated rings. The van der Waals surface area contributed by atoms with Crippen molar-refractivity contribution in [2.45, 2.75) is 130 Å². The van der Waals surface area contributed by atoms with E-state index in [-0.39, 0.29) is 23.9 Å². The van der Waals surface area contributed by atoms with Crippen LogP contribution in [0.4, 0.5) is 4.79 Å². The molecule has 1 aromatic carbocycles. The van der Waals surface area contributed by atoms with Crippen molar-refractivity contribution in [2.24, 2.45) is 5.92 Å². The molecule has 1 aromatic rings. The van der Waals surface area contributed by atoms with Crippen molar-refractivity contribution in [2.75, 3.05) is 0 Å². The third-order valence-corrected chi connectivity index (χ3v) is 6.87. The fourth-order valence-corrected chi connectivity index (χ4v) is 4.80. The largest absolute Gasteiger partial charge is 0.444 e. The van der Waals surface area contributed by atoms with Gasteiger partial charge in [-0.1, -0.05) is 62.9 Å². The van der Waals surface area contributed by atoms with Gasteiger partial charge >= 0.3 is 6.09 Å². The number of hydrogen-bond donors (Lipinski definition) is 2. The van der Waals surface area contributed by atoms with Gasteiger partial charge < -0.3 is 20.3 Å². The van der Waals surface area contributed by atoms with Crippen LogP contribution < -0.4 is 10.6 Å². The number of nitrogens with zero attached hydrogens (tertiary/aromatic N) is 1. The lowest BCUT2D eigenvalue weighted by atomic mass is 9.93. The van der Waals surface area contributed by atoms with Crippen LogP contribution in [0.5, 0.6) is 0 Å². The van der Waals surface area contributed by atoms with E-state index in [4.69, 9.17) is 4.74 Å². The number of alkyl carbamates (subject to hydrolysis) is 1. The van der Waals surface area contributed by atoms with Crippen LogP contribution in [0.15, 0.2) is 24.3 Å². The van der Waals surface area contributed by atoms with Crippen molar-refractivity contribution in [1.82, 2.24) is 15.5 Å². The summed E-state index contributed by atoms with van der Waals surface area (Å²) in [6.45, 7) is 15.3. The Balaban J connectivity index is 2.42. The number of aryl methyl sites for hydroxylation is 1. The molecular formula is C30H49N3O4. The zero-order valence-electron chi connectivity index (χ0n) is 24.2. The summed E-state index contributed by atoms with van der Waals surface area (Å²) in [7, 11) is 0. The molecule has 0 spiro atoms. The standard InChI is InChI=1S/C30H49N3O4/c1-20(2)14-17-22(4)33(28(35)23(5)31-29(36)37-30(6,7)8)26(24-18-15-21(3)16-19-24)27(34)32-25-12-10-9-11-13-25/h15-16,18-20,22-23,25-26H,9-14,17H2,1-8H3,(H,31,36)(H,32,34). The van der Waals surface area contributed by atoms with Crippen LogP contribution in [0.25, 0.3) is 0 Å². The van der Waals surface area contributed by atoms with E-state index in [1.165, 1.54) is 6.42 Å². The van der Waals surface area contributed by atoms with E-state index >= 15 is 0 Å². The van der Waals surface area contributed by atoms with E-state index in [1.54, 1.807) is 32.6 Å². The maximum atomic E-state index is 14.0. The Bertz CT molecular complexity index is 885. The summed E-state index contributed by atoms with van der Waals surface area (Å²) in [6, 6.07) is 6.08. The summed E-state index contributed by atoms with van der Waals surface area (Å²) in [5.41, 5.74) is 1.18. The van der Waals surface area contributed by atoms with Gasteiger partial charge in [-0.25, -0.2) is 4.79 Å². The second-order valence-corrected chi connectivity index (χ2v) is 12.1. The number of ether oxygens (including phenoxy) is 1.